The maximum absolute atomic E-state index is 11.2. The van der Waals surface area contributed by atoms with Gasteiger partial charge in [-0.05, 0) is 19.1 Å². The third-order valence-corrected chi connectivity index (χ3v) is 2.64. The molecule has 5 nitrogen and oxygen atoms in total. The Morgan fingerprint density at radius 2 is 1.76 bits per heavy atom. The molecule has 0 heterocycles. The van der Waals surface area contributed by atoms with Gasteiger partial charge in [0.2, 0.25) is 5.75 Å². The highest BCUT2D eigenvalue weighted by Crippen LogP contribution is 2.40. The van der Waals surface area contributed by atoms with Gasteiger partial charge in [0.25, 0.3) is 0 Å². The first kappa shape index (κ1) is 16.6. The van der Waals surface area contributed by atoms with Crippen LogP contribution in [-0.2, 0) is 9.53 Å². The van der Waals surface area contributed by atoms with E-state index in [9.17, 15) is 4.79 Å². The van der Waals surface area contributed by atoms with Gasteiger partial charge in [-0.25, -0.2) is 4.79 Å². The molecule has 0 aliphatic heterocycles. The Balaban J connectivity index is 2.95. The van der Waals surface area contributed by atoms with E-state index in [1.165, 1.54) is 6.08 Å². The van der Waals surface area contributed by atoms with Gasteiger partial charge in [-0.1, -0.05) is 18.2 Å². The van der Waals surface area contributed by atoms with Gasteiger partial charge < -0.3 is 18.9 Å². The minimum Gasteiger partial charge on any atom is -0.493 e. The predicted molar refractivity (Wildman–Crippen MR) is 80.9 cm³/mol. The molecule has 5 heteroatoms. The molecule has 0 radical (unpaired) electrons. The summed E-state index contributed by atoms with van der Waals surface area (Å²) in [5, 5.41) is 0. The molecule has 0 saturated carbocycles. The number of hydrogen-bond acceptors (Lipinski definition) is 5. The van der Waals surface area contributed by atoms with Crippen molar-refractivity contribution in [3.63, 3.8) is 0 Å². The largest absolute Gasteiger partial charge is 0.493 e. The minimum atomic E-state index is -0.374. The normalized spacial score (nSPS) is 10.9. The van der Waals surface area contributed by atoms with Gasteiger partial charge in [-0.15, -0.1) is 0 Å². The lowest BCUT2D eigenvalue weighted by Gasteiger charge is -2.13. The second kappa shape index (κ2) is 8.68. The molecule has 21 heavy (non-hydrogen) atoms. The Hall–Kier alpha value is -2.43. The lowest BCUT2D eigenvalue weighted by molar-refractivity contribution is -0.137. The van der Waals surface area contributed by atoms with Crippen molar-refractivity contribution in [1.29, 1.82) is 0 Å². The Labute approximate surface area is 124 Å². The first-order valence-corrected chi connectivity index (χ1v) is 6.48. The molecule has 1 aromatic carbocycles. The number of benzene rings is 1. The molecule has 0 aromatic heterocycles. The highest BCUT2D eigenvalue weighted by atomic mass is 16.5. The molecule has 0 unspecified atom stereocenters. The van der Waals surface area contributed by atoms with Crippen LogP contribution in [0.4, 0.5) is 0 Å². The van der Waals surface area contributed by atoms with Crippen LogP contribution >= 0.6 is 0 Å². The van der Waals surface area contributed by atoms with Crippen LogP contribution in [0.15, 0.2) is 30.4 Å². The Morgan fingerprint density at radius 3 is 2.33 bits per heavy atom. The Bertz CT molecular complexity index is 532. The van der Waals surface area contributed by atoms with Crippen LogP contribution in [0.1, 0.15) is 12.5 Å². The van der Waals surface area contributed by atoms with E-state index in [1.807, 2.05) is 6.07 Å². The summed E-state index contributed by atoms with van der Waals surface area (Å²) in [5.74, 6) is 1.31. The highest BCUT2D eigenvalue weighted by Gasteiger charge is 2.13. The van der Waals surface area contributed by atoms with Crippen molar-refractivity contribution in [1.82, 2.24) is 0 Å². The molecule has 0 amide bonds. The number of rotatable bonds is 7. The van der Waals surface area contributed by atoms with Crippen molar-refractivity contribution >= 4 is 12.0 Å². The second-order valence-corrected chi connectivity index (χ2v) is 3.89. The predicted octanol–water partition coefficient (Wildman–Crippen LogP) is 2.84. The standard InChI is InChI=1S/C16H20O5/c1-5-21-14(17)9-7-6-8-12-10-11-13(18-2)16(20-4)15(12)19-3/h6-11H,5H2,1-4H3. The maximum atomic E-state index is 11.2. The van der Waals surface area contributed by atoms with E-state index in [2.05, 4.69) is 0 Å². The van der Waals surface area contributed by atoms with Crippen molar-refractivity contribution in [2.45, 2.75) is 6.92 Å². The third-order valence-electron chi connectivity index (χ3n) is 2.64. The quantitative estimate of drug-likeness (QED) is 0.439. The zero-order valence-corrected chi connectivity index (χ0v) is 12.7. The summed E-state index contributed by atoms with van der Waals surface area (Å²) < 4.78 is 20.7. The third kappa shape index (κ3) is 4.56. The number of carbonyl (C=O) groups excluding carboxylic acids is 1. The first-order valence-electron chi connectivity index (χ1n) is 6.48. The highest BCUT2D eigenvalue weighted by molar-refractivity contribution is 5.82. The number of carbonyl (C=O) groups is 1. The number of methoxy groups -OCH3 is 3. The first-order chi connectivity index (χ1) is 10.2. The topological polar surface area (TPSA) is 54.0 Å². The zero-order valence-electron chi connectivity index (χ0n) is 12.7. The van der Waals surface area contributed by atoms with Crippen LogP contribution in [0.5, 0.6) is 17.2 Å². The average molecular weight is 292 g/mol. The molecule has 0 fully saturated rings. The van der Waals surface area contributed by atoms with Gasteiger partial charge in [0.1, 0.15) is 0 Å². The van der Waals surface area contributed by atoms with Gasteiger partial charge in [0.05, 0.1) is 27.9 Å². The summed E-state index contributed by atoms with van der Waals surface area (Å²) in [7, 11) is 4.67. The lowest BCUT2D eigenvalue weighted by atomic mass is 10.1. The molecular weight excluding hydrogens is 272 g/mol. The van der Waals surface area contributed by atoms with Crippen LogP contribution in [-0.4, -0.2) is 33.9 Å². The van der Waals surface area contributed by atoms with E-state index >= 15 is 0 Å². The fourth-order valence-electron chi connectivity index (χ4n) is 1.74. The second-order valence-electron chi connectivity index (χ2n) is 3.89. The van der Waals surface area contributed by atoms with Crippen molar-refractivity contribution in [2.24, 2.45) is 0 Å². The molecule has 0 N–H and O–H groups in total. The molecule has 0 bridgehead atoms. The summed E-state index contributed by atoms with van der Waals surface area (Å²) in [6, 6.07) is 3.63. The van der Waals surface area contributed by atoms with Crippen LogP contribution in [0.25, 0.3) is 6.08 Å². The molecular formula is C16H20O5. The molecule has 1 rings (SSSR count). The summed E-state index contributed by atoms with van der Waals surface area (Å²) in [4.78, 5) is 11.2. The van der Waals surface area contributed by atoms with Gasteiger partial charge in [-0.3, -0.25) is 0 Å². The Morgan fingerprint density at radius 1 is 1.05 bits per heavy atom. The fraction of sp³-hybridized carbons (Fsp3) is 0.312. The van der Waals surface area contributed by atoms with E-state index in [-0.39, 0.29) is 5.97 Å². The Kier molecular flexibility index (Phi) is 6.87. The minimum absolute atomic E-state index is 0.358. The van der Waals surface area contributed by atoms with Crippen molar-refractivity contribution in [2.75, 3.05) is 27.9 Å². The maximum Gasteiger partial charge on any atom is 0.330 e. The van der Waals surface area contributed by atoms with E-state index in [1.54, 1.807) is 52.5 Å². The summed E-state index contributed by atoms with van der Waals surface area (Å²) in [6.45, 7) is 2.12. The van der Waals surface area contributed by atoms with E-state index < -0.39 is 0 Å². The molecule has 0 aliphatic carbocycles. The average Bonchev–Trinajstić information content (AvgIpc) is 2.50. The van der Waals surface area contributed by atoms with Gasteiger partial charge in [-0.2, -0.15) is 0 Å². The smallest absolute Gasteiger partial charge is 0.330 e. The monoisotopic (exact) mass is 292 g/mol. The van der Waals surface area contributed by atoms with E-state index in [0.29, 0.717) is 23.9 Å². The van der Waals surface area contributed by atoms with Gasteiger partial charge in [0.15, 0.2) is 11.5 Å². The fourth-order valence-corrected chi connectivity index (χ4v) is 1.74. The van der Waals surface area contributed by atoms with Crippen LogP contribution in [0.3, 0.4) is 0 Å². The molecule has 0 atom stereocenters. The van der Waals surface area contributed by atoms with Gasteiger partial charge in [0, 0.05) is 11.6 Å². The van der Waals surface area contributed by atoms with Crippen LogP contribution in [0.2, 0.25) is 0 Å². The summed E-state index contributed by atoms with van der Waals surface area (Å²) >= 11 is 0. The zero-order chi connectivity index (χ0) is 15.7. The summed E-state index contributed by atoms with van der Waals surface area (Å²) in [6.07, 6.45) is 6.48. The number of hydrogen-bond donors (Lipinski definition) is 0. The van der Waals surface area contributed by atoms with Crippen molar-refractivity contribution in [3.05, 3.63) is 35.9 Å². The van der Waals surface area contributed by atoms with Crippen LogP contribution < -0.4 is 14.2 Å². The van der Waals surface area contributed by atoms with Crippen molar-refractivity contribution < 1.29 is 23.7 Å². The van der Waals surface area contributed by atoms with E-state index in [0.717, 1.165) is 5.56 Å². The number of ether oxygens (including phenoxy) is 4. The molecule has 0 spiro atoms. The van der Waals surface area contributed by atoms with Crippen molar-refractivity contribution in [3.8, 4) is 17.2 Å². The summed E-state index contributed by atoms with van der Waals surface area (Å²) in [5.41, 5.74) is 0.809. The van der Waals surface area contributed by atoms with E-state index in [4.69, 9.17) is 18.9 Å². The molecule has 0 saturated heterocycles. The SMILES string of the molecule is CCOC(=O)C=CC=Cc1ccc(OC)c(OC)c1OC. The molecule has 1 aromatic rings. The van der Waals surface area contributed by atoms with Gasteiger partial charge >= 0.3 is 5.97 Å². The lowest BCUT2D eigenvalue weighted by Crippen LogP contribution is -1.98. The number of esters is 1. The number of allylic oxidation sites excluding steroid dienone is 2. The molecule has 114 valence electrons. The van der Waals surface area contributed by atoms with Crippen LogP contribution in [0, 0.1) is 0 Å². The molecule has 0 aliphatic rings.